The molecule has 4 heterocycles. The Bertz CT molecular complexity index is 1410. The number of amides is 3. The number of alkyl halides is 3. The number of pyridine rings is 2. The van der Waals surface area contributed by atoms with E-state index in [2.05, 4.69) is 55.2 Å². The summed E-state index contributed by atoms with van der Waals surface area (Å²) in [7, 11) is 1.54. The first-order valence-corrected chi connectivity index (χ1v) is 14.3. The number of urea groups is 1. The molecule has 1 aliphatic heterocycles. The second-order valence-electron chi connectivity index (χ2n) is 9.86. The number of piperidine rings is 1. The molecule has 3 aromatic rings. The minimum atomic E-state index is -4.64. The number of rotatable bonds is 9. The van der Waals surface area contributed by atoms with E-state index in [9.17, 15) is 22.8 Å². The standard InChI is InChI=1S/C27H33F3N8O3S/c1-5-32-26(40)36-22-11-19(25-35-21(14-42-25)27(28,29)30)20(13-33-22)18-10-16(23(39)37-31-4)12-34-24(18)41-17-6-8-38(9-7-17)15(2)3/h10-15,17,31H,5-9H2,1-4H3,(H,37,39)(H2,32,33,36,40). The Kier molecular flexibility index (Phi) is 9.96. The van der Waals surface area contributed by atoms with Gasteiger partial charge in [0.25, 0.3) is 5.91 Å². The molecule has 15 heteroatoms. The molecule has 4 rings (SSSR count). The summed E-state index contributed by atoms with van der Waals surface area (Å²) >= 11 is 0.796. The van der Waals surface area contributed by atoms with E-state index in [-0.39, 0.29) is 33.9 Å². The number of hydrogen-bond donors (Lipinski definition) is 4. The lowest BCUT2D eigenvalue weighted by molar-refractivity contribution is -0.140. The SMILES string of the molecule is CCNC(=O)Nc1cc(-c2nc(C(F)(F)F)cs2)c(-c2cc(C(=O)NNC)cnc2OC2CCN(C(C)C)CC2)cn1. The van der Waals surface area contributed by atoms with Crippen molar-refractivity contribution in [1.29, 1.82) is 0 Å². The van der Waals surface area contributed by atoms with Crippen LogP contribution in [0.2, 0.25) is 0 Å². The van der Waals surface area contributed by atoms with Crippen molar-refractivity contribution in [3.63, 3.8) is 0 Å². The summed E-state index contributed by atoms with van der Waals surface area (Å²) in [6, 6.07) is 2.87. The predicted octanol–water partition coefficient (Wildman–Crippen LogP) is 4.54. The minimum Gasteiger partial charge on any atom is -0.474 e. The van der Waals surface area contributed by atoms with Crippen molar-refractivity contribution >= 4 is 29.1 Å². The first-order valence-electron chi connectivity index (χ1n) is 13.5. The van der Waals surface area contributed by atoms with Crippen molar-refractivity contribution in [3.8, 4) is 27.6 Å². The first kappa shape index (κ1) is 31.1. The van der Waals surface area contributed by atoms with Gasteiger partial charge in [0.05, 0.1) is 5.56 Å². The smallest absolute Gasteiger partial charge is 0.434 e. The summed E-state index contributed by atoms with van der Waals surface area (Å²) in [5.41, 5.74) is 5.14. The zero-order chi connectivity index (χ0) is 30.4. The molecule has 0 radical (unpaired) electrons. The summed E-state index contributed by atoms with van der Waals surface area (Å²) in [6.45, 7) is 8.06. The van der Waals surface area contributed by atoms with Gasteiger partial charge in [0.15, 0.2) is 5.69 Å². The van der Waals surface area contributed by atoms with E-state index in [1.807, 2.05) is 0 Å². The third-order valence-electron chi connectivity index (χ3n) is 6.64. The van der Waals surface area contributed by atoms with E-state index in [1.165, 1.54) is 25.5 Å². The lowest BCUT2D eigenvalue weighted by Gasteiger charge is -2.34. The van der Waals surface area contributed by atoms with E-state index in [0.717, 1.165) is 42.6 Å². The molecule has 0 bridgehead atoms. The van der Waals surface area contributed by atoms with Crippen molar-refractivity contribution in [3.05, 3.63) is 41.2 Å². The molecule has 4 N–H and O–H groups in total. The molecule has 0 saturated carbocycles. The van der Waals surface area contributed by atoms with E-state index in [0.29, 0.717) is 23.7 Å². The fourth-order valence-electron chi connectivity index (χ4n) is 4.48. The monoisotopic (exact) mass is 606 g/mol. The van der Waals surface area contributed by atoms with Gasteiger partial charge >= 0.3 is 12.2 Å². The second kappa shape index (κ2) is 13.4. The molecular weight excluding hydrogens is 573 g/mol. The van der Waals surface area contributed by atoms with Gasteiger partial charge in [-0.05, 0) is 45.7 Å². The molecule has 11 nitrogen and oxygen atoms in total. The third kappa shape index (κ3) is 7.52. The fraction of sp³-hybridized carbons (Fsp3) is 0.444. The average Bonchev–Trinajstić information content (AvgIpc) is 3.45. The molecule has 226 valence electrons. The molecule has 1 aliphatic rings. The number of hydrazine groups is 1. The molecule has 0 aromatic carbocycles. The highest BCUT2D eigenvalue weighted by molar-refractivity contribution is 7.13. The summed E-state index contributed by atoms with van der Waals surface area (Å²) in [5.74, 6) is -0.163. The molecule has 0 atom stereocenters. The Labute approximate surface area is 245 Å². The lowest BCUT2D eigenvalue weighted by Crippen LogP contribution is -2.41. The Hall–Kier alpha value is -3.82. The van der Waals surface area contributed by atoms with Gasteiger partial charge in [0.1, 0.15) is 16.9 Å². The van der Waals surface area contributed by atoms with Gasteiger partial charge in [0.2, 0.25) is 5.88 Å². The second-order valence-corrected chi connectivity index (χ2v) is 10.7. The van der Waals surface area contributed by atoms with Crippen molar-refractivity contribution in [2.45, 2.75) is 51.9 Å². The van der Waals surface area contributed by atoms with Crippen molar-refractivity contribution in [1.82, 2.24) is 36.0 Å². The Balaban J connectivity index is 1.81. The molecule has 3 aromatic heterocycles. The quantitative estimate of drug-likeness (QED) is 0.261. The van der Waals surface area contributed by atoms with Crippen molar-refractivity contribution in [2.24, 2.45) is 0 Å². The third-order valence-corrected chi connectivity index (χ3v) is 7.51. The van der Waals surface area contributed by atoms with Crippen LogP contribution >= 0.6 is 11.3 Å². The van der Waals surface area contributed by atoms with Gasteiger partial charge in [0, 0.05) is 67.2 Å². The lowest BCUT2D eigenvalue weighted by atomic mass is 10.0. The largest absolute Gasteiger partial charge is 0.474 e. The van der Waals surface area contributed by atoms with Crippen LogP contribution < -0.4 is 26.2 Å². The molecule has 0 unspecified atom stereocenters. The molecule has 42 heavy (non-hydrogen) atoms. The molecule has 0 spiro atoms. The number of thiazole rings is 1. The van der Waals surface area contributed by atoms with Crippen LogP contribution in [0.25, 0.3) is 21.7 Å². The maximum Gasteiger partial charge on any atom is 0.434 e. The van der Waals surface area contributed by atoms with Crippen LogP contribution in [0.3, 0.4) is 0 Å². The maximum absolute atomic E-state index is 13.5. The molecule has 1 saturated heterocycles. The molecule has 0 aliphatic carbocycles. The van der Waals surface area contributed by atoms with Crippen LogP contribution in [0.15, 0.2) is 29.9 Å². The van der Waals surface area contributed by atoms with Crippen LogP contribution in [0, 0.1) is 0 Å². The summed E-state index contributed by atoms with van der Waals surface area (Å²) in [4.78, 5) is 39.8. The number of hydrogen-bond acceptors (Lipinski definition) is 9. The average molecular weight is 607 g/mol. The number of aromatic nitrogens is 3. The maximum atomic E-state index is 13.5. The number of carbonyl (C=O) groups is 2. The van der Waals surface area contributed by atoms with Gasteiger partial charge < -0.3 is 15.0 Å². The summed E-state index contributed by atoms with van der Waals surface area (Å²) in [6.07, 6.45) is -0.522. The van der Waals surface area contributed by atoms with E-state index in [1.54, 1.807) is 13.0 Å². The van der Waals surface area contributed by atoms with E-state index < -0.39 is 23.8 Å². The van der Waals surface area contributed by atoms with Crippen LogP contribution in [-0.4, -0.2) is 70.6 Å². The fourth-order valence-corrected chi connectivity index (χ4v) is 5.34. The number of likely N-dealkylation sites (tertiary alicyclic amines) is 1. The number of anilines is 1. The number of halogens is 3. The van der Waals surface area contributed by atoms with Gasteiger partial charge in [-0.3, -0.25) is 15.5 Å². The first-order chi connectivity index (χ1) is 20.0. The highest BCUT2D eigenvalue weighted by atomic mass is 32.1. The topological polar surface area (TPSA) is 133 Å². The Morgan fingerprint density at radius 1 is 1.12 bits per heavy atom. The molecule has 3 amide bonds. The van der Waals surface area contributed by atoms with E-state index >= 15 is 0 Å². The van der Waals surface area contributed by atoms with Gasteiger partial charge in [-0.1, -0.05) is 0 Å². The highest BCUT2D eigenvalue weighted by Crippen LogP contribution is 2.41. The number of ether oxygens (including phenoxy) is 1. The van der Waals surface area contributed by atoms with Crippen LogP contribution in [0.4, 0.5) is 23.8 Å². The van der Waals surface area contributed by atoms with Crippen LogP contribution in [-0.2, 0) is 6.18 Å². The van der Waals surface area contributed by atoms with Gasteiger partial charge in [-0.2, -0.15) is 13.2 Å². The molecule has 1 fully saturated rings. The highest BCUT2D eigenvalue weighted by Gasteiger charge is 2.34. The normalized spacial score (nSPS) is 14.6. The number of nitrogens with zero attached hydrogens (tertiary/aromatic N) is 4. The van der Waals surface area contributed by atoms with Gasteiger partial charge in [-0.25, -0.2) is 25.2 Å². The van der Waals surface area contributed by atoms with E-state index in [4.69, 9.17) is 4.74 Å². The van der Waals surface area contributed by atoms with Crippen molar-refractivity contribution in [2.75, 3.05) is 32.0 Å². The molecular formula is C27H33F3N8O3S. The predicted molar refractivity (Wildman–Crippen MR) is 153 cm³/mol. The van der Waals surface area contributed by atoms with Crippen LogP contribution in [0.5, 0.6) is 5.88 Å². The van der Waals surface area contributed by atoms with Gasteiger partial charge in [-0.15, -0.1) is 11.3 Å². The summed E-state index contributed by atoms with van der Waals surface area (Å²) in [5, 5.41) is 6.13. The number of carbonyl (C=O) groups excluding carboxylic acids is 2. The summed E-state index contributed by atoms with van der Waals surface area (Å²) < 4.78 is 46.8. The zero-order valence-electron chi connectivity index (χ0n) is 23.6. The van der Waals surface area contributed by atoms with Crippen molar-refractivity contribution < 1.29 is 27.5 Å². The van der Waals surface area contributed by atoms with Crippen LogP contribution in [0.1, 0.15) is 49.7 Å². The number of nitrogens with one attached hydrogen (secondary N) is 4. The Morgan fingerprint density at radius 3 is 2.48 bits per heavy atom. The zero-order valence-corrected chi connectivity index (χ0v) is 24.4. The minimum absolute atomic E-state index is 0.0416. The Morgan fingerprint density at radius 2 is 1.86 bits per heavy atom.